The first-order chi connectivity index (χ1) is 9.87. The standard InChI is InChI=1S/C14H19N3O3S/c1-14(2)9-17(5-6-21-14)13(20)16-8-10-3-4-11(12(18)19)15-7-10/h3-4,7H,5-6,8-9H2,1-2H3,(H,16,20)(H,18,19). The van der Waals surface area contributed by atoms with Gasteiger partial charge in [-0.25, -0.2) is 14.6 Å². The van der Waals surface area contributed by atoms with Gasteiger partial charge >= 0.3 is 12.0 Å². The largest absolute Gasteiger partial charge is 0.477 e. The second kappa shape index (κ2) is 6.34. The summed E-state index contributed by atoms with van der Waals surface area (Å²) in [4.78, 5) is 28.5. The van der Waals surface area contributed by atoms with E-state index in [-0.39, 0.29) is 16.5 Å². The molecule has 21 heavy (non-hydrogen) atoms. The Morgan fingerprint density at radius 1 is 1.48 bits per heavy atom. The summed E-state index contributed by atoms with van der Waals surface area (Å²) in [6.07, 6.45) is 1.47. The molecule has 0 unspecified atom stereocenters. The third kappa shape index (κ3) is 4.35. The van der Waals surface area contributed by atoms with E-state index >= 15 is 0 Å². The van der Waals surface area contributed by atoms with Crippen LogP contribution in [0, 0.1) is 0 Å². The van der Waals surface area contributed by atoms with Crippen molar-refractivity contribution < 1.29 is 14.7 Å². The Morgan fingerprint density at radius 3 is 2.81 bits per heavy atom. The van der Waals surface area contributed by atoms with E-state index in [0.29, 0.717) is 6.54 Å². The fraction of sp³-hybridized carbons (Fsp3) is 0.500. The van der Waals surface area contributed by atoms with Crippen molar-refractivity contribution in [1.82, 2.24) is 15.2 Å². The molecule has 2 heterocycles. The van der Waals surface area contributed by atoms with E-state index in [0.717, 1.165) is 24.4 Å². The van der Waals surface area contributed by atoms with Crippen LogP contribution in [0.2, 0.25) is 0 Å². The Labute approximate surface area is 127 Å². The summed E-state index contributed by atoms with van der Waals surface area (Å²) in [6.45, 7) is 6.07. The highest BCUT2D eigenvalue weighted by Gasteiger charge is 2.29. The Hall–Kier alpha value is -1.76. The van der Waals surface area contributed by atoms with Crippen molar-refractivity contribution in [1.29, 1.82) is 0 Å². The van der Waals surface area contributed by atoms with Crippen molar-refractivity contribution in [3.63, 3.8) is 0 Å². The number of carboxylic acid groups (broad SMARTS) is 1. The maximum absolute atomic E-state index is 12.1. The zero-order valence-corrected chi connectivity index (χ0v) is 12.9. The fourth-order valence-corrected chi connectivity index (χ4v) is 3.25. The number of nitrogens with zero attached hydrogens (tertiary/aromatic N) is 2. The molecule has 1 aliphatic heterocycles. The Balaban J connectivity index is 1.87. The summed E-state index contributed by atoms with van der Waals surface area (Å²) in [6, 6.07) is 3.00. The number of amides is 2. The van der Waals surface area contributed by atoms with Gasteiger partial charge in [-0.3, -0.25) is 0 Å². The highest BCUT2D eigenvalue weighted by atomic mass is 32.2. The number of rotatable bonds is 3. The second-order valence-electron chi connectivity index (χ2n) is 5.55. The number of urea groups is 1. The number of pyridine rings is 1. The van der Waals surface area contributed by atoms with Gasteiger partial charge < -0.3 is 15.3 Å². The van der Waals surface area contributed by atoms with E-state index in [1.807, 2.05) is 16.7 Å². The van der Waals surface area contributed by atoms with Crippen molar-refractivity contribution in [3.05, 3.63) is 29.6 Å². The first kappa shape index (κ1) is 15.6. The number of carboxylic acids is 1. The number of hydrogen-bond acceptors (Lipinski definition) is 4. The third-order valence-corrected chi connectivity index (χ3v) is 4.50. The molecule has 0 saturated carbocycles. The average molecular weight is 309 g/mol. The van der Waals surface area contributed by atoms with Crippen LogP contribution in [0.4, 0.5) is 4.79 Å². The van der Waals surface area contributed by atoms with Crippen LogP contribution in [0.3, 0.4) is 0 Å². The van der Waals surface area contributed by atoms with Crippen LogP contribution >= 0.6 is 11.8 Å². The lowest BCUT2D eigenvalue weighted by molar-refractivity contribution is 0.0690. The van der Waals surface area contributed by atoms with Crippen LogP contribution < -0.4 is 5.32 Å². The molecule has 1 aromatic rings. The molecule has 0 atom stereocenters. The maximum atomic E-state index is 12.1. The first-order valence-corrected chi connectivity index (χ1v) is 7.71. The van der Waals surface area contributed by atoms with Crippen LogP contribution in [0.1, 0.15) is 29.9 Å². The van der Waals surface area contributed by atoms with E-state index in [4.69, 9.17) is 5.11 Å². The van der Waals surface area contributed by atoms with Gasteiger partial charge in [-0.1, -0.05) is 6.07 Å². The van der Waals surface area contributed by atoms with Crippen LogP contribution in [0.15, 0.2) is 18.3 Å². The van der Waals surface area contributed by atoms with Crippen molar-refractivity contribution in [3.8, 4) is 0 Å². The van der Waals surface area contributed by atoms with E-state index in [1.165, 1.54) is 12.3 Å². The lowest BCUT2D eigenvalue weighted by Crippen LogP contribution is -2.49. The monoisotopic (exact) mass is 309 g/mol. The molecule has 6 nitrogen and oxygen atoms in total. The van der Waals surface area contributed by atoms with Gasteiger partial charge in [-0.15, -0.1) is 0 Å². The minimum absolute atomic E-state index is 0.000110. The highest BCUT2D eigenvalue weighted by molar-refractivity contribution is 8.00. The quantitative estimate of drug-likeness (QED) is 0.890. The van der Waals surface area contributed by atoms with Crippen molar-refractivity contribution in [2.75, 3.05) is 18.8 Å². The summed E-state index contributed by atoms with van der Waals surface area (Å²) in [5, 5.41) is 11.6. The van der Waals surface area contributed by atoms with E-state index < -0.39 is 5.97 Å². The normalized spacial score (nSPS) is 17.3. The van der Waals surface area contributed by atoms with Crippen LogP contribution in [-0.4, -0.2) is 50.6 Å². The van der Waals surface area contributed by atoms with Gasteiger partial charge in [0, 0.05) is 36.3 Å². The van der Waals surface area contributed by atoms with Gasteiger partial charge in [0.1, 0.15) is 5.69 Å². The molecular formula is C14H19N3O3S. The molecule has 0 aromatic carbocycles. The zero-order chi connectivity index (χ0) is 15.5. The lowest BCUT2D eigenvalue weighted by Gasteiger charge is -2.37. The van der Waals surface area contributed by atoms with Crippen LogP contribution in [0.25, 0.3) is 0 Å². The molecule has 2 N–H and O–H groups in total. The van der Waals surface area contributed by atoms with Crippen molar-refractivity contribution >= 4 is 23.8 Å². The third-order valence-electron chi connectivity index (χ3n) is 3.20. The number of carbonyl (C=O) groups is 2. The number of thioether (sulfide) groups is 1. The predicted molar refractivity (Wildman–Crippen MR) is 81.5 cm³/mol. The molecule has 2 amide bonds. The molecule has 1 fully saturated rings. The number of aromatic carboxylic acids is 1. The number of nitrogens with one attached hydrogen (secondary N) is 1. The summed E-state index contributed by atoms with van der Waals surface area (Å²) >= 11 is 1.87. The molecule has 114 valence electrons. The SMILES string of the molecule is CC1(C)CN(C(=O)NCc2ccc(C(=O)O)nc2)CCS1. The van der Waals surface area contributed by atoms with Gasteiger partial charge in [0.15, 0.2) is 0 Å². The molecule has 1 aliphatic rings. The minimum Gasteiger partial charge on any atom is -0.477 e. The maximum Gasteiger partial charge on any atom is 0.354 e. The average Bonchev–Trinajstić information content (AvgIpc) is 2.44. The molecule has 0 radical (unpaired) electrons. The van der Waals surface area contributed by atoms with Gasteiger partial charge in [0.25, 0.3) is 0 Å². The Kier molecular flexibility index (Phi) is 4.72. The molecule has 7 heteroatoms. The molecule has 0 bridgehead atoms. The van der Waals surface area contributed by atoms with E-state index in [2.05, 4.69) is 24.1 Å². The second-order valence-corrected chi connectivity index (χ2v) is 7.35. The molecule has 0 spiro atoms. The zero-order valence-electron chi connectivity index (χ0n) is 12.1. The van der Waals surface area contributed by atoms with Gasteiger partial charge in [-0.2, -0.15) is 11.8 Å². The topological polar surface area (TPSA) is 82.5 Å². The molecule has 1 saturated heterocycles. The van der Waals surface area contributed by atoms with Crippen molar-refractivity contribution in [2.45, 2.75) is 25.1 Å². The fourth-order valence-electron chi connectivity index (χ4n) is 2.13. The highest BCUT2D eigenvalue weighted by Crippen LogP contribution is 2.29. The summed E-state index contributed by atoms with van der Waals surface area (Å²) in [7, 11) is 0. The number of hydrogen-bond donors (Lipinski definition) is 2. The molecule has 2 rings (SSSR count). The lowest BCUT2D eigenvalue weighted by atomic mass is 10.2. The summed E-state index contributed by atoms with van der Waals surface area (Å²) < 4.78 is 0.0836. The van der Waals surface area contributed by atoms with Gasteiger partial charge in [0.2, 0.25) is 0 Å². The van der Waals surface area contributed by atoms with Crippen LogP contribution in [0.5, 0.6) is 0 Å². The predicted octanol–water partition coefficient (Wildman–Crippen LogP) is 1.82. The van der Waals surface area contributed by atoms with Gasteiger partial charge in [-0.05, 0) is 25.5 Å². The van der Waals surface area contributed by atoms with Crippen molar-refractivity contribution in [2.24, 2.45) is 0 Å². The summed E-state index contributed by atoms with van der Waals surface area (Å²) in [5.41, 5.74) is 0.777. The smallest absolute Gasteiger partial charge is 0.354 e. The molecule has 0 aliphatic carbocycles. The number of carbonyl (C=O) groups excluding carboxylic acids is 1. The van der Waals surface area contributed by atoms with E-state index in [1.54, 1.807) is 6.07 Å². The minimum atomic E-state index is -1.06. The summed E-state index contributed by atoms with van der Waals surface area (Å²) in [5.74, 6) is -0.117. The van der Waals surface area contributed by atoms with Gasteiger partial charge in [0.05, 0.1) is 0 Å². The Bertz CT molecular complexity index is 531. The number of aromatic nitrogens is 1. The molecule has 1 aromatic heterocycles. The first-order valence-electron chi connectivity index (χ1n) is 6.72. The van der Waals surface area contributed by atoms with Crippen LogP contribution in [-0.2, 0) is 6.54 Å². The van der Waals surface area contributed by atoms with E-state index in [9.17, 15) is 9.59 Å². The molecular weight excluding hydrogens is 290 g/mol. The Morgan fingerprint density at radius 2 is 2.24 bits per heavy atom.